The molecule has 1 aliphatic rings. The number of fused-ring (bicyclic) bond motifs is 1. The third-order valence-electron chi connectivity index (χ3n) is 4.98. The summed E-state index contributed by atoms with van der Waals surface area (Å²) in [5.74, 6) is 0.511. The fourth-order valence-corrected chi connectivity index (χ4v) is 4.57. The van der Waals surface area contributed by atoms with Gasteiger partial charge >= 0.3 is 0 Å². The summed E-state index contributed by atoms with van der Waals surface area (Å²) in [5, 5.41) is 3.74. The van der Waals surface area contributed by atoms with Gasteiger partial charge in [0.05, 0.1) is 21.8 Å². The van der Waals surface area contributed by atoms with Gasteiger partial charge in [-0.2, -0.15) is 0 Å². The lowest BCUT2D eigenvalue weighted by molar-refractivity contribution is -0.134. The zero-order chi connectivity index (χ0) is 20.1. The highest BCUT2D eigenvalue weighted by molar-refractivity contribution is 7.18. The predicted molar refractivity (Wildman–Crippen MR) is 113 cm³/mol. The van der Waals surface area contributed by atoms with Crippen molar-refractivity contribution in [2.45, 2.75) is 18.8 Å². The molecule has 4 rings (SSSR count). The van der Waals surface area contributed by atoms with Crippen molar-refractivity contribution >= 4 is 33.4 Å². The van der Waals surface area contributed by atoms with Crippen LogP contribution in [0.5, 0.6) is 5.75 Å². The molecule has 29 heavy (non-hydrogen) atoms. The largest absolute Gasteiger partial charge is 0.484 e. The first kappa shape index (κ1) is 19.4. The highest BCUT2D eigenvalue weighted by Gasteiger charge is 2.27. The summed E-state index contributed by atoms with van der Waals surface area (Å²) in [7, 11) is 0. The van der Waals surface area contributed by atoms with E-state index in [1.54, 1.807) is 23.5 Å². The molecule has 7 heteroatoms. The number of piperidine rings is 1. The number of benzene rings is 2. The number of carbonyl (C=O) groups excluding carboxylic acids is 2. The number of thiazole rings is 1. The van der Waals surface area contributed by atoms with Crippen molar-refractivity contribution in [2.24, 2.45) is 0 Å². The molecule has 0 saturated carbocycles. The van der Waals surface area contributed by atoms with E-state index in [-0.39, 0.29) is 30.9 Å². The van der Waals surface area contributed by atoms with E-state index < -0.39 is 0 Å². The molecule has 2 amide bonds. The Bertz CT molecular complexity index is 956. The second-order valence-electron chi connectivity index (χ2n) is 7.08. The Kier molecular flexibility index (Phi) is 6.05. The number of aromatic nitrogens is 1. The minimum Gasteiger partial charge on any atom is -0.484 e. The second kappa shape index (κ2) is 9.05. The van der Waals surface area contributed by atoms with Crippen molar-refractivity contribution in [1.29, 1.82) is 0 Å². The van der Waals surface area contributed by atoms with Gasteiger partial charge in [0.2, 0.25) is 5.91 Å². The molecule has 3 aromatic rings. The van der Waals surface area contributed by atoms with Crippen LogP contribution in [-0.4, -0.2) is 47.9 Å². The van der Waals surface area contributed by atoms with E-state index in [9.17, 15) is 9.59 Å². The lowest BCUT2D eigenvalue weighted by Gasteiger charge is -2.31. The second-order valence-corrected chi connectivity index (χ2v) is 8.14. The SMILES string of the molecule is O=C(COc1ccccc1)NCC(=O)N1CCC[C@H](c2nc3ccccc3s2)C1. The first-order valence-corrected chi connectivity index (χ1v) is 10.6. The zero-order valence-corrected chi connectivity index (χ0v) is 16.9. The van der Waals surface area contributed by atoms with E-state index in [1.165, 1.54) is 4.70 Å². The number of nitrogens with one attached hydrogen (secondary N) is 1. The third kappa shape index (κ3) is 4.92. The van der Waals surface area contributed by atoms with Gasteiger partial charge in [0.1, 0.15) is 5.75 Å². The first-order valence-electron chi connectivity index (χ1n) is 9.77. The molecule has 0 radical (unpaired) electrons. The Labute approximate surface area is 173 Å². The van der Waals surface area contributed by atoms with Gasteiger partial charge in [0.25, 0.3) is 5.91 Å². The van der Waals surface area contributed by atoms with Gasteiger partial charge in [-0.3, -0.25) is 9.59 Å². The van der Waals surface area contributed by atoms with E-state index in [1.807, 2.05) is 41.3 Å². The molecule has 1 fully saturated rings. The summed E-state index contributed by atoms with van der Waals surface area (Å²) in [6.07, 6.45) is 1.97. The molecule has 2 heterocycles. The van der Waals surface area contributed by atoms with E-state index in [2.05, 4.69) is 11.4 Å². The maximum atomic E-state index is 12.6. The molecule has 150 valence electrons. The van der Waals surface area contributed by atoms with Crippen LogP contribution in [0.1, 0.15) is 23.8 Å². The van der Waals surface area contributed by atoms with Crippen molar-refractivity contribution in [3.63, 3.8) is 0 Å². The van der Waals surface area contributed by atoms with Gasteiger partial charge in [-0.1, -0.05) is 30.3 Å². The van der Waals surface area contributed by atoms with Crippen LogP contribution >= 0.6 is 11.3 Å². The smallest absolute Gasteiger partial charge is 0.258 e. The van der Waals surface area contributed by atoms with Crippen LogP contribution in [0, 0.1) is 0 Å². The van der Waals surface area contributed by atoms with Crippen molar-refractivity contribution < 1.29 is 14.3 Å². The number of ether oxygens (including phenoxy) is 1. The van der Waals surface area contributed by atoms with Crippen LogP contribution in [0.4, 0.5) is 0 Å². The molecular formula is C22H23N3O3S. The lowest BCUT2D eigenvalue weighted by atomic mass is 9.98. The van der Waals surface area contributed by atoms with Gasteiger partial charge in [-0.15, -0.1) is 11.3 Å². The summed E-state index contributed by atoms with van der Waals surface area (Å²) >= 11 is 1.70. The average Bonchev–Trinajstić information content (AvgIpc) is 3.21. The van der Waals surface area contributed by atoms with Crippen molar-refractivity contribution in [1.82, 2.24) is 15.2 Å². The van der Waals surface area contributed by atoms with Gasteiger partial charge < -0.3 is 15.0 Å². The molecule has 1 atom stereocenters. The number of carbonyl (C=O) groups is 2. The molecule has 2 aromatic carbocycles. The predicted octanol–water partition coefficient (Wildman–Crippen LogP) is 3.20. The van der Waals surface area contributed by atoms with E-state index in [0.717, 1.165) is 29.9 Å². The molecule has 0 aliphatic carbocycles. The normalized spacial score (nSPS) is 16.6. The minimum absolute atomic E-state index is 0.0104. The number of hydrogen-bond donors (Lipinski definition) is 1. The van der Waals surface area contributed by atoms with Crippen molar-refractivity contribution in [3.05, 3.63) is 59.6 Å². The van der Waals surface area contributed by atoms with Gasteiger partial charge in [-0.05, 0) is 37.1 Å². The summed E-state index contributed by atoms with van der Waals surface area (Å²) in [6.45, 7) is 1.25. The molecule has 1 aliphatic heterocycles. The Hall–Kier alpha value is -2.93. The molecule has 1 N–H and O–H groups in total. The quantitative estimate of drug-likeness (QED) is 0.679. The minimum atomic E-state index is -0.304. The highest BCUT2D eigenvalue weighted by atomic mass is 32.1. The van der Waals surface area contributed by atoms with E-state index in [4.69, 9.17) is 9.72 Å². The third-order valence-corrected chi connectivity index (χ3v) is 6.18. The lowest BCUT2D eigenvalue weighted by Crippen LogP contribution is -2.45. The maximum Gasteiger partial charge on any atom is 0.258 e. The standard InChI is InChI=1S/C22H23N3O3S/c26-20(15-28-17-8-2-1-3-9-17)23-13-21(27)25-12-6-7-16(14-25)22-24-18-10-4-5-11-19(18)29-22/h1-5,8-11,16H,6-7,12-15H2,(H,23,26)/t16-/m0/s1. The highest BCUT2D eigenvalue weighted by Crippen LogP contribution is 2.32. The van der Waals surface area contributed by atoms with Gasteiger partial charge in [0.15, 0.2) is 6.61 Å². The number of hydrogen-bond acceptors (Lipinski definition) is 5. The Morgan fingerprint density at radius 2 is 1.93 bits per heavy atom. The Balaban J connectivity index is 1.27. The number of nitrogens with zero attached hydrogens (tertiary/aromatic N) is 2. The van der Waals surface area contributed by atoms with E-state index >= 15 is 0 Å². The van der Waals surface area contributed by atoms with Gasteiger partial charge in [-0.25, -0.2) is 4.98 Å². The average molecular weight is 410 g/mol. The van der Waals surface area contributed by atoms with Crippen LogP contribution in [0.3, 0.4) is 0 Å². The number of likely N-dealkylation sites (tertiary alicyclic amines) is 1. The fraction of sp³-hybridized carbons (Fsp3) is 0.318. The molecular weight excluding hydrogens is 386 g/mol. The molecule has 6 nitrogen and oxygen atoms in total. The number of para-hydroxylation sites is 2. The van der Waals surface area contributed by atoms with Crippen molar-refractivity contribution in [2.75, 3.05) is 26.2 Å². The monoisotopic (exact) mass is 409 g/mol. The number of amides is 2. The topological polar surface area (TPSA) is 71.5 Å². The molecule has 0 bridgehead atoms. The van der Waals surface area contributed by atoms with Crippen LogP contribution < -0.4 is 10.1 Å². The molecule has 0 spiro atoms. The Morgan fingerprint density at radius 3 is 2.76 bits per heavy atom. The van der Waals surface area contributed by atoms with E-state index in [0.29, 0.717) is 12.3 Å². The molecule has 1 saturated heterocycles. The fourth-order valence-electron chi connectivity index (χ4n) is 3.47. The molecule has 0 unspecified atom stereocenters. The maximum absolute atomic E-state index is 12.6. The van der Waals surface area contributed by atoms with Crippen LogP contribution in [-0.2, 0) is 9.59 Å². The summed E-state index contributed by atoms with van der Waals surface area (Å²) in [4.78, 5) is 31.1. The van der Waals surface area contributed by atoms with Gasteiger partial charge in [0, 0.05) is 19.0 Å². The van der Waals surface area contributed by atoms with Crippen LogP contribution in [0.2, 0.25) is 0 Å². The zero-order valence-electron chi connectivity index (χ0n) is 16.0. The van der Waals surface area contributed by atoms with Crippen molar-refractivity contribution in [3.8, 4) is 5.75 Å². The summed E-state index contributed by atoms with van der Waals surface area (Å²) in [5.41, 5.74) is 1.02. The summed E-state index contributed by atoms with van der Waals surface area (Å²) in [6, 6.07) is 17.2. The van der Waals surface area contributed by atoms with Crippen LogP contribution in [0.15, 0.2) is 54.6 Å². The number of rotatable bonds is 6. The summed E-state index contributed by atoms with van der Waals surface area (Å²) < 4.78 is 6.58. The Morgan fingerprint density at radius 1 is 1.14 bits per heavy atom. The molecule has 1 aromatic heterocycles. The van der Waals surface area contributed by atoms with Crippen LogP contribution in [0.25, 0.3) is 10.2 Å². The first-order chi connectivity index (χ1) is 14.2.